The molecule has 1 unspecified atom stereocenters. The zero-order valence-corrected chi connectivity index (χ0v) is 13.2. The minimum atomic E-state index is -1.09. The lowest BCUT2D eigenvalue weighted by molar-refractivity contribution is 0.0516. The number of para-hydroxylation sites is 2. The average molecular weight is 333 g/mol. The Labute approximate surface area is 136 Å². The van der Waals surface area contributed by atoms with E-state index >= 15 is 0 Å². The smallest absolute Gasteiger partial charge is 0.346 e. The molecule has 0 spiro atoms. The number of carbonyl (C=O) groups excluding carboxylic acids is 1. The largest absolute Gasteiger partial charge is 0.486 e. The van der Waals surface area contributed by atoms with Crippen molar-refractivity contribution in [3.63, 3.8) is 0 Å². The predicted octanol–water partition coefficient (Wildman–Crippen LogP) is 2.36. The number of carboxylic acid groups (broad SMARTS) is 1. The third-order valence-electron chi connectivity index (χ3n) is 3.48. The molecule has 120 valence electrons. The molecule has 6 nitrogen and oxygen atoms in total. The van der Waals surface area contributed by atoms with E-state index in [2.05, 4.69) is 0 Å². The molecular formula is C16H15NO5S. The molecule has 1 amide bonds. The van der Waals surface area contributed by atoms with Crippen LogP contribution >= 0.6 is 11.3 Å². The van der Waals surface area contributed by atoms with E-state index in [1.165, 1.54) is 11.0 Å². The van der Waals surface area contributed by atoms with E-state index in [9.17, 15) is 9.59 Å². The molecule has 0 saturated carbocycles. The van der Waals surface area contributed by atoms with Gasteiger partial charge in [-0.2, -0.15) is 0 Å². The molecule has 1 atom stereocenters. The first kappa shape index (κ1) is 15.4. The Morgan fingerprint density at radius 1 is 1.30 bits per heavy atom. The van der Waals surface area contributed by atoms with Crippen LogP contribution in [0.3, 0.4) is 0 Å². The average Bonchev–Trinajstić information content (AvgIpc) is 3.03. The number of hydrogen-bond acceptors (Lipinski definition) is 5. The molecule has 1 aliphatic heterocycles. The fraction of sp³-hybridized carbons (Fsp3) is 0.250. The van der Waals surface area contributed by atoms with Crippen LogP contribution in [0.15, 0.2) is 35.7 Å². The monoisotopic (exact) mass is 333 g/mol. The van der Waals surface area contributed by atoms with Crippen molar-refractivity contribution in [2.45, 2.75) is 6.10 Å². The second-order valence-electron chi connectivity index (χ2n) is 5.15. The van der Waals surface area contributed by atoms with Gasteiger partial charge in [0.2, 0.25) is 0 Å². The summed E-state index contributed by atoms with van der Waals surface area (Å²) >= 11 is 1.04. The number of thiophene rings is 1. The fourth-order valence-corrected chi connectivity index (χ4v) is 3.11. The van der Waals surface area contributed by atoms with Crippen molar-refractivity contribution in [1.82, 2.24) is 4.90 Å². The third kappa shape index (κ3) is 3.14. The van der Waals surface area contributed by atoms with Gasteiger partial charge in [-0.15, -0.1) is 11.3 Å². The van der Waals surface area contributed by atoms with Gasteiger partial charge in [-0.3, -0.25) is 4.79 Å². The molecule has 2 heterocycles. The highest BCUT2D eigenvalue weighted by Crippen LogP contribution is 2.31. The van der Waals surface area contributed by atoms with Gasteiger partial charge >= 0.3 is 5.97 Å². The van der Waals surface area contributed by atoms with Gasteiger partial charge in [0, 0.05) is 7.05 Å². The number of fused-ring (bicyclic) bond motifs is 1. The number of amides is 1. The van der Waals surface area contributed by atoms with Gasteiger partial charge in [0.15, 0.2) is 17.6 Å². The normalized spacial score (nSPS) is 16.0. The van der Waals surface area contributed by atoms with Crippen LogP contribution in [0.5, 0.6) is 11.5 Å². The molecule has 1 aliphatic rings. The van der Waals surface area contributed by atoms with Gasteiger partial charge < -0.3 is 19.5 Å². The number of carbonyl (C=O) groups is 2. The van der Waals surface area contributed by atoms with Gasteiger partial charge in [-0.05, 0) is 23.6 Å². The number of aromatic carboxylic acids is 1. The van der Waals surface area contributed by atoms with Crippen molar-refractivity contribution < 1.29 is 24.2 Å². The van der Waals surface area contributed by atoms with E-state index in [1.807, 2.05) is 24.3 Å². The lowest BCUT2D eigenvalue weighted by Gasteiger charge is -2.29. The molecule has 0 bridgehead atoms. The number of benzene rings is 1. The summed E-state index contributed by atoms with van der Waals surface area (Å²) in [4.78, 5) is 25.1. The highest BCUT2D eigenvalue weighted by atomic mass is 32.1. The number of nitrogens with zero attached hydrogens (tertiary/aromatic N) is 1. The Bertz CT molecular complexity index is 742. The van der Waals surface area contributed by atoms with E-state index in [1.54, 1.807) is 12.4 Å². The molecule has 1 N–H and O–H groups in total. The summed E-state index contributed by atoms with van der Waals surface area (Å²) in [5.74, 6) is -0.107. The van der Waals surface area contributed by atoms with Crippen LogP contribution in [0.2, 0.25) is 0 Å². The number of likely N-dealkylation sites (N-methyl/N-ethyl adjacent to an activating group) is 1. The predicted molar refractivity (Wildman–Crippen MR) is 84.6 cm³/mol. The second kappa shape index (κ2) is 6.29. The Balaban J connectivity index is 1.68. The van der Waals surface area contributed by atoms with E-state index in [-0.39, 0.29) is 22.5 Å². The van der Waals surface area contributed by atoms with E-state index < -0.39 is 5.97 Å². The summed E-state index contributed by atoms with van der Waals surface area (Å²) in [6.45, 7) is 0.645. The van der Waals surface area contributed by atoms with Crippen molar-refractivity contribution >= 4 is 23.2 Å². The van der Waals surface area contributed by atoms with Crippen LogP contribution in [0.25, 0.3) is 0 Å². The summed E-state index contributed by atoms with van der Waals surface area (Å²) in [5, 5.41) is 10.7. The first-order chi connectivity index (χ1) is 11.1. The topological polar surface area (TPSA) is 76.1 Å². The van der Waals surface area contributed by atoms with Crippen LogP contribution in [-0.2, 0) is 0 Å². The molecule has 23 heavy (non-hydrogen) atoms. The number of ether oxygens (including phenoxy) is 2. The van der Waals surface area contributed by atoms with E-state index in [4.69, 9.17) is 14.6 Å². The Morgan fingerprint density at radius 2 is 2.04 bits per heavy atom. The zero-order chi connectivity index (χ0) is 16.4. The van der Waals surface area contributed by atoms with Gasteiger partial charge in [0.1, 0.15) is 11.5 Å². The van der Waals surface area contributed by atoms with Crippen molar-refractivity contribution in [3.8, 4) is 11.5 Å². The third-order valence-corrected chi connectivity index (χ3v) is 4.38. The summed E-state index contributed by atoms with van der Waals surface area (Å²) in [7, 11) is 1.62. The van der Waals surface area contributed by atoms with E-state index in [0.29, 0.717) is 24.7 Å². The van der Waals surface area contributed by atoms with Crippen LogP contribution in [0, 0.1) is 0 Å². The number of hydrogen-bond donors (Lipinski definition) is 1. The standard InChI is InChI=1S/C16H15NO5S/c1-17(15(18)11-6-7-23-14(11)16(19)20)8-10-9-21-12-4-2-3-5-13(12)22-10/h2-7,10H,8-9H2,1H3,(H,19,20). The highest BCUT2D eigenvalue weighted by Gasteiger charge is 2.26. The maximum absolute atomic E-state index is 12.4. The quantitative estimate of drug-likeness (QED) is 0.929. The van der Waals surface area contributed by atoms with Gasteiger partial charge in [0.25, 0.3) is 5.91 Å². The summed E-state index contributed by atoms with van der Waals surface area (Å²) in [6, 6.07) is 8.88. The number of carboxylic acids is 1. The lowest BCUT2D eigenvalue weighted by Crippen LogP contribution is -2.42. The number of rotatable bonds is 4. The molecule has 0 aliphatic carbocycles. The maximum Gasteiger partial charge on any atom is 0.346 e. The molecular weight excluding hydrogens is 318 g/mol. The van der Waals surface area contributed by atoms with Crippen LogP contribution in [-0.4, -0.2) is 48.2 Å². The van der Waals surface area contributed by atoms with Crippen molar-refractivity contribution in [2.75, 3.05) is 20.2 Å². The molecule has 7 heteroatoms. The fourth-order valence-electron chi connectivity index (χ4n) is 2.39. The Morgan fingerprint density at radius 3 is 2.78 bits per heavy atom. The molecule has 1 aromatic heterocycles. The molecule has 0 saturated heterocycles. The van der Waals surface area contributed by atoms with E-state index in [0.717, 1.165) is 11.3 Å². The van der Waals surface area contributed by atoms with Crippen LogP contribution in [0.4, 0.5) is 0 Å². The first-order valence-electron chi connectivity index (χ1n) is 7.01. The molecule has 0 fully saturated rings. The van der Waals surface area contributed by atoms with Gasteiger partial charge in [-0.25, -0.2) is 4.79 Å². The Kier molecular flexibility index (Phi) is 4.20. The van der Waals surface area contributed by atoms with Crippen LogP contribution < -0.4 is 9.47 Å². The second-order valence-corrected chi connectivity index (χ2v) is 6.07. The molecule has 0 radical (unpaired) electrons. The van der Waals surface area contributed by atoms with Gasteiger partial charge in [0.05, 0.1) is 12.1 Å². The summed E-state index contributed by atoms with van der Waals surface area (Å²) in [6.07, 6.45) is -0.300. The SMILES string of the molecule is CN(CC1COc2ccccc2O1)C(=O)c1ccsc1C(=O)O. The van der Waals surface area contributed by atoms with Crippen molar-refractivity contribution in [3.05, 3.63) is 46.2 Å². The van der Waals surface area contributed by atoms with Gasteiger partial charge in [-0.1, -0.05) is 12.1 Å². The Hall–Kier alpha value is -2.54. The molecule has 3 rings (SSSR count). The maximum atomic E-state index is 12.4. The highest BCUT2D eigenvalue weighted by molar-refractivity contribution is 7.12. The van der Waals surface area contributed by atoms with Crippen molar-refractivity contribution in [1.29, 1.82) is 0 Å². The molecule has 2 aromatic rings. The first-order valence-corrected chi connectivity index (χ1v) is 7.89. The summed E-state index contributed by atoms with van der Waals surface area (Å²) in [5.41, 5.74) is 0.196. The van der Waals surface area contributed by atoms with Crippen LogP contribution in [0.1, 0.15) is 20.0 Å². The minimum absolute atomic E-state index is 0.0491. The minimum Gasteiger partial charge on any atom is -0.486 e. The zero-order valence-electron chi connectivity index (χ0n) is 12.4. The summed E-state index contributed by atoms with van der Waals surface area (Å²) < 4.78 is 11.4. The van der Waals surface area contributed by atoms with Crippen molar-refractivity contribution in [2.24, 2.45) is 0 Å². The molecule has 1 aromatic carbocycles. The lowest BCUT2D eigenvalue weighted by atomic mass is 10.2.